The summed E-state index contributed by atoms with van der Waals surface area (Å²) in [6, 6.07) is 3.93. The van der Waals surface area contributed by atoms with Crippen LogP contribution in [0.1, 0.15) is 25.8 Å². The van der Waals surface area contributed by atoms with Gasteiger partial charge in [-0.2, -0.15) is 0 Å². The summed E-state index contributed by atoms with van der Waals surface area (Å²) in [4.78, 5) is 18.7. The minimum atomic E-state index is 0.00331. The van der Waals surface area contributed by atoms with Crippen LogP contribution in [0.15, 0.2) is 18.3 Å². The third-order valence-electron chi connectivity index (χ3n) is 3.68. The number of rotatable bonds is 6. The molecule has 1 fully saturated rings. The van der Waals surface area contributed by atoms with E-state index in [-0.39, 0.29) is 11.8 Å². The predicted octanol–water partition coefficient (Wildman–Crippen LogP) is 1.58. The Labute approximate surface area is 120 Å². The Bertz CT molecular complexity index is 440. The first-order chi connectivity index (χ1) is 9.76. The van der Waals surface area contributed by atoms with E-state index in [2.05, 4.69) is 29.0 Å². The molecule has 1 aliphatic heterocycles. The number of hydrogen-bond acceptors (Lipinski definition) is 4. The zero-order chi connectivity index (χ0) is 14.4. The summed E-state index contributed by atoms with van der Waals surface area (Å²) in [5, 5.41) is 3.00. The normalized spacial score (nSPS) is 18.0. The van der Waals surface area contributed by atoms with Crippen LogP contribution in [0.2, 0.25) is 0 Å². The maximum atomic E-state index is 12.0. The smallest absolute Gasteiger partial charge is 0.225 e. The molecular formula is C15H23N3O2. The lowest BCUT2D eigenvalue weighted by atomic mass is 10.1. The minimum Gasteiger partial charge on any atom is -0.381 e. The molecule has 1 aliphatic rings. The molecule has 110 valence electrons. The first-order valence-corrected chi connectivity index (χ1v) is 7.30. The zero-order valence-electron chi connectivity index (χ0n) is 12.3. The summed E-state index contributed by atoms with van der Waals surface area (Å²) in [6.45, 7) is 7.79. The van der Waals surface area contributed by atoms with Gasteiger partial charge < -0.3 is 15.0 Å². The number of nitrogens with zero attached hydrogens (tertiary/aromatic N) is 2. The highest BCUT2D eigenvalue weighted by Crippen LogP contribution is 2.17. The summed E-state index contributed by atoms with van der Waals surface area (Å²) in [5.41, 5.74) is 1.06. The van der Waals surface area contributed by atoms with Crippen molar-refractivity contribution in [2.45, 2.75) is 26.8 Å². The molecule has 0 saturated carbocycles. The van der Waals surface area contributed by atoms with Gasteiger partial charge in [-0.1, -0.05) is 6.07 Å². The zero-order valence-corrected chi connectivity index (χ0v) is 12.3. The van der Waals surface area contributed by atoms with Crippen LogP contribution in [0.4, 0.5) is 5.82 Å². The third-order valence-corrected chi connectivity index (χ3v) is 3.68. The first kappa shape index (κ1) is 14.8. The molecule has 20 heavy (non-hydrogen) atoms. The van der Waals surface area contributed by atoms with Gasteiger partial charge in [0.25, 0.3) is 0 Å². The second kappa shape index (κ2) is 7.24. The average molecular weight is 277 g/mol. The lowest BCUT2D eigenvalue weighted by Gasteiger charge is -2.22. The van der Waals surface area contributed by atoms with Crippen LogP contribution in [0.25, 0.3) is 0 Å². The Morgan fingerprint density at radius 1 is 1.50 bits per heavy atom. The lowest BCUT2D eigenvalue weighted by molar-refractivity contribution is -0.125. The Hall–Kier alpha value is -1.62. The van der Waals surface area contributed by atoms with Gasteiger partial charge in [0.1, 0.15) is 5.82 Å². The molecule has 1 aromatic rings. The van der Waals surface area contributed by atoms with Crippen LogP contribution in [-0.2, 0) is 16.1 Å². The van der Waals surface area contributed by atoms with Gasteiger partial charge in [0.05, 0.1) is 12.5 Å². The second-order valence-electron chi connectivity index (χ2n) is 4.94. The molecule has 5 nitrogen and oxygen atoms in total. The van der Waals surface area contributed by atoms with Crippen molar-refractivity contribution in [1.82, 2.24) is 10.3 Å². The number of amides is 1. The van der Waals surface area contributed by atoms with E-state index in [1.54, 1.807) is 6.20 Å². The fourth-order valence-electron chi connectivity index (χ4n) is 2.44. The van der Waals surface area contributed by atoms with Crippen LogP contribution >= 0.6 is 0 Å². The van der Waals surface area contributed by atoms with Gasteiger partial charge >= 0.3 is 0 Å². The lowest BCUT2D eigenvalue weighted by Crippen LogP contribution is -2.32. The number of pyridine rings is 1. The molecule has 1 unspecified atom stereocenters. The quantitative estimate of drug-likeness (QED) is 0.858. The molecule has 1 amide bonds. The standard InChI is InChI=1S/C15H23N3O2/c1-3-18(4-2)14-12(6-5-8-16-14)10-17-15(19)13-7-9-20-11-13/h5-6,8,13H,3-4,7,9-11H2,1-2H3,(H,17,19). The van der Waals surface area contributed by atoms with E-state index in [9.17, 15) is 4.79 Å². The van der Waals surface area contributed by atoms with Crippen molar-refractivity contribution < 1.29 is 9.53 Å². The van der Waals surface area contributed by atoms with E-state index in [1.165, 1.54) is 0 Å². The van der Waals surface area contributed by atoms with E-state index >= 15 is 0 Å². The fourth-order valence-corrected chi connectivity index (χ4v) is 2.44. The highest BCUT2D eigenvalue weighted by molar-refractivity contribution is 5.79. The number of hydrogen-bond donors (Lipinski definition) is 1. The maximum Gasteiger partial charge on any atom is 0.225 e. The predicted molar refractivity (Wildman–Crippen MR) is 78.6 cm³/mol. The number of anilines is 1. The van der Waals surface area contributed by atoms with Crippen LogP contribution < -0.4 is 10.2 Å². The van der Waals surface area contributed by atoms with Gasteiger partial charge in [-0.3, -0.25) is 4.79 Å². The highest BCUT2D eigenvalue weighted by atomic mass is 16.5. The Balaban J connectivity index is 2.00. The van der Waals surface area contributed by atoms with Crippen molar-refractivity contribution in [3.8, 4) is 0 Å². The van der Waals surface area contributed by atoms with Gasteiger partial charge in [-0.15, -0.1) is 0 Å². The molecule has 2 heterocycles. The van der Waals surface area contributed by atoms with Crippen LogP contribution in [-0.4, -0.2) is 37.2 Å². The molecule has 0 radical (unpaired) electrons. The first-order valence-electron chi connectivity index (χ1n) is 7.30. The molecule has 1 N–H and O–H groups in total. The summed E-state index contributed by atoms with van der Waals surface area (Å²) < 4.78 is 5.25. The van der Waals surface area contributed by atoms with E-state index < -0.39 is 0 Å². The highest BCUT2D eigenvalue weighted by Gasteiger charge is 2.23. The van der Waals surface area contributed by atoms with Crippen molar-refractivity contribution in [1.29, 1.82) is 0 Å². The molecule has 5 heteroatoms. The van der Waals surface area contributed by atoms with Gasteiger partial charge in [-0.25, -0.2) is 4.98 Å². The molecule has 2 rings (SSSR count). The molecular weight excluding hydrogens is 254 g/mol. The molecule has 1 saturated heterocycles. The SMILES string of the molecule is CCN(CC)c1ncccc1CNC(=O)C1CCOC1. The number of nitrogens with one attached hydrogen (secondary N) is 1. The van der Waals surface area contributed by atoms with Crippen molar-refractivity contribution in [2.24, 2.45) is 5.92 Å². The van der Waals surface area contributed by atoms with Gasteiger partial charge in [0.15, 0.2) is 0 Å². The van der Waals surface area contributed by atoms with Crippen molar-refractivity contribution in [3.05, 3.63) is 23.9 Å². The van der Waals surface area contributed by atoms with Crippen molar-refractivity contribution in [3.63, 3.8) is 0 Å². The molecule has 0 aromatic carbocycles. The van der Waals surface area contributed by atoms with Crippen LogP contribution in [0.5, 0.6) is 0 Å². The fraction of sp³-hybridized carbons (Fsp3) is 0.600. The van der Waals surface area contributed by atoms with Gasteiger partial charge in [0.2, 0.25) is 5.91 Å². The van der Waals surface area contributed by atoms with Crippen LogP contribution in [0, 0.1) is 5.92 Å². The minimum absolute atomic E-state index is 0.00331. The maximum absolute atomic E-state index is 12.0. The van der Waals surface area contributed by atoms with Gasteiger partial charge in [-0.05, 0) is 26.3 Å². The van der Waals surface area contributed by atoms with E-state index in [1.807, 2.05) is 12.1 Å². The van der Waals surface area contributed by atoms with Crippen LogP contribution in [0.3, 0.4) is 0 Å². The van der Waals surface area contributed by atoms with Crippen molar-refractivity contribution >= 4 is 11.7 Å². The summed E-state index contributed by atoms with van der Waals surface area (Å²) in [6.07, 6.45) is 2.62. The number of ether oxygens (including phenoxy) is 1. The second-order valence-corrected chi connectivity index (χ2v) is 4.94. The topological polar surface area (TPSA) is 54.5 Å². The van der Waals surface area contributed by atoms with E-state index in [0.29, 0.717) is 19.8 Å². The molecule has 0 aliphatic carbocycles. The third kappa shape index (κ3) is 3.48. The van der Waals surface area contributed by atoms with E-state index in [0.717, 1.165) is 30.9 Å². The number of carbonyl (C=O) groups is 1. The number of aromatic nitrogens is 1. The number of carbonyl (C=O) groups excluding carboxylic acids is 1. The molecule has 0 bridgehead atoms. The monoisotopic (exact) mass is 277 g/mol. The van der Waals surface area contributed by atoms with Gasteiger partial charge in [0, 0.05) is 38.0 Å². The summed E-state index contributed by atoms with van der Waals surface area (Å²) in [7, 11) is 0. The Kier molecular flexibility index (Phi) is 5.35. The molecule has 0 spiro atoms. The molecule has 1 atom stereocenters. The van der Waals surface area contributed by atoms with Crippen molar-refractivity contribution in [2.75, 3.05) is 31.2 Å². The van der Waals surface area contributed by atoms with E-state index in [4.69, 9.17) is 4.74 Å². The Morgan fingerprint density at radius 2 is 2.30 bits per heavy atom. The Morgan fingerprint density at radius 3 is 2.95 bits per heavy atom. The largest absolute Gasteiger partial charge is 0.381 e. The summed E-state index contributed by atoms with van der Waals surface area (Å²) >= 11 is 0. The summed E-state index contributed by atoms with van der Waals surface area (Å²) in [5.74, 6) is 1.04. The average Bonchev–Trinajstić information content (AvgIpc) is 3.01. The molecule has 1 aromatic heterocycles.